The van der Waals surface area contributed by atoms with Gasteiger partial charge in [0.1, 0.15) is 11.9 Å². The Morgan fingerprint density at radius 2 is 1.80 bits per heavy atom. The molecule has 2 N–H and O–H groups in total. The third kappa shape index (κ3) is 7.81. The van der Waals surface area contributed by atoms with Crippen molar-refractivity contribution in [1.29, 1.82) is 0 Å². The molecule has 1 saturated heterocycles. The molecule has 1 saturated carbocycles. The zero-order valence-electron chi connectivity index (χ0n) is 26.9. The number of Topliss-reactive ketones (excluding diaryl/α,β-unsaturated/α-hetero) is 1. The number of nitrogens with one attached hydrogen (secondary N) is 2. The van der Waals surface area contributed by atoms with E-state index in [1.807, 2.05) is 18.5 Å². The minimum Gasteiger partial charge on any atom is -0.344 e. The van der Waals surface area contributed by atoms with E-state index in [4.69, 9.17) is 0 Å². The summed E-state index contributed by atoms with van der Waals surface area (Å²) in [6, 6.07) is 5.55. The molecule has 246 valence electrons. The summed E-state index contributed by atoms with van der Waals surface area (Å²) >= 11 is 1.48. The maximum Gasteiger partial charge on any atom is 0.245 e. The minimum absolute atomic E-state index is 0.0268. The predicted molar refractivity (Wildman–Crippen MR) is 178 cm³/mol. The average Bonchev–Trinajstić information content (AvgIpc) is 3.51. The number of thiophene rings is 1. The molecule has 0 radical (unpaired) electrons. The standard InChI is InChI=1S/C35H44FN5O4S/c1-4-32(43)39-33(35(45)41-16-14-40(3)15-17-41)22(2)24-10-11-29(28(36)18-24)38-34(44)25(23-8-6-5-7-9-23)19-30(42)27-21-46-31-12-13-37-20-26(27)31/h10-13,18,20-23,25,33H,4-9,14-17,19H2,1-3H3,(H,38,44)(H,39,43)/t22-,25-,33+/m0/s1. The number of piperazine rings is 1. The van der Waals surface area contributed by atoms with E-state index in [2.05, 4.69) is 20.5 Å². The smallest absolute Gasteiger partial charge is 0.245 e. The van der Waals surface area contributed by atoms with Gasteiger partial charge in [0.2, 0.25) is 17.7 Å². The van der Waals surface area contributed by atoms with Gasteiger partial charge in [-0.15, -0.1) is 11.3 Å². The first-order chi connectivity index (χ1) is 22.2. The van der Waals surface area contributed by atoms with E-state index in [1.165, 1.54) is 23.5 Å². The number of amides is 3. The van der Waals surface area contributed by atoms with E-state index in [1.54, 1.807) is 37.2 Å². The Morgan fingerprint density at radius 1 is 1.07 bits per heavy atom. The summed E-state index contributed by atoms with van der Waals surface area (Å²) < 4.78 is 16.6. The fourth-order valence-electron chi connectivity index (χ4n) is 6.64. The second-order valence-electron chi connectivity index (χ2n) is 12.7. The van der Waals surface area contributed by atoms with Gasteiger partial charge in [-0.1, -0.05) is 39.2 Å². The van der Waals surface area contributed by atoms with Gasteiger partial charge in [-0.05, 0) is 49.6 Å². The second-order valence-corrected chi connectivity index (χ2v) is 13.6. The van der Waals surface area contributed by atoms with Crippen LogP contribution in [0.2, 0.25) is 0 Å². The molecule has 3 heterocycles. The summed E-state index contributed by atoms with van der Waals surface area (Å²) in [5, 5.41) is 8.26. The van der Waals surface area contributed by atoms with Crippen LogP contribution in [0.5, 0.6) is 0 Å². The lowest BCUT2D eigenvalue weighted by atomic mass is 9.77. The van der Waals surface area contributed by atoms with Crippen LogP contribution in [0.3, 0.4) is 0 Å². The van der Waals surface area contributed by atoms with E-state index in [0.29, 0.717) is 24.2 Å². The molecule has 0 spiro atoms. The zero-order valence-corrected chi connectivity index (χ0v) is 27.7. The van der Waals surface area contributed by atoms with Crippen LogP contribution < -0.4 is 10.6 Å². The Bertz CT molecular complexity index is 1560. The van der Waals surface area contributed by atoms with Crippen molar-refractivity contribution in [1.82, 2.24) is 20.1 Å². The maximum absolute atomic E-state index is 15.7. The quantitative estimate of drug-likeness (QED) is 0.261. The number of likely N-dealkylation sites (N-methyl/N-ethyl adjacent to an activating group) is 1. The van der Waals surface area contributed by atoms with Crippen molar-refractivity contribution < 1.29 is 23.6 Å². The second kappa shape index (κ2) is 15.3. The van der Waals surface area contributed by atoms with Gasteiger partial charge in [-0.3, -0.25) is 24.2 Å². The number of aromatic nitrogens is 1. The van der Waals surface area contributed by atoms with Crippen LogP contribution in [-0.4, -0.2) is 77.6 Å². The van der Waals surface area contributed by atoms with Gasteiger partial charge >= 0.3 is 0 Å². The monoisotopic (exact) mass is 649 g/mol. The number of halogens is 1. The fraction of sp³-hybridized carbons (Fsp3) is 0.514. The predicted octanol–water partition coefficient (Wildman–Crippen LogP) is 5.62. The van der Waals surface area contributed by atoms with Gasteiger partial charge in [0.15, 0.2) is 5.78 Å². The van der Waals surface area contributed by atoms with Crippen molar-refractivity contribution in [3.8, 4) is 0 Å². The van der Waals surface area contributed by atoms with E-state index < -0.39 is 23.7 Å². The molecule has 3 amide bonds. The van der Waals surface area contributed by atoms with Crippen molar-refractivity contribution >= 4 is 50.6 Å². The van der Waals surface area contributed by atoms with E-state index >= 15 is 4.39 Å². The molecule has 1 aliphatic carbocycles. The van der Waals surface area contributed by atoms with Crippen molar-refractivity contribution in [2.75, 3.05) is 38.5 Å². The Morgan fingerprint density at radius 3 is 2.50 bits per heavy atom. The van der Waals surface area contributed by atoms with Crippen LogP contribution >= 0.6 is 11.3 Å². The SMILES string of the molecule is CCC(=O)N[C@@H](C(=O)N1CCN(C)CC1)[C@@H](C)c1ccc(NC(=O)[C@@H](CC(=O)c2csc3ccncc23)C2CCCCC2)c(F)c1. The third-order valence-electron chi connectivity index (χ3n) is 9.63. The van der Waals surface area contributed by atoms with Gasteiger partial charge < -0.3 is 20.4 Å². The number of rotatable bonds is 11. The number of carbonyl (C=O) groups excluding carboxylic acids is 4. The largest absolute Gasteiger partial charge is 0.344 e. The number of hydrogen-bond donors (Lipinski definition) is 2. The number of benzene rings is 1. The van der Waals surface area contributed by atoms with E-state index in [0.717, 1.165) is 55.3 Å². The number of hydrogen-bond acceptors (Lipinski definition) is 7. The number of pyridine rings is 1. The molecule has 9 nitrogen and oxygen atoms in total. The Balaban J connectivity index is 1.33. The highest BCUT2D eigenvalue weighted by atomic mass is 32.1. The molecular weight excluding hydrogens is 605 g/mol. The van der Waals surface area contributed by atoms with Crippen molar-refractivity contribution in [2.45, 2.75) is 70.8 Å². The summed E-state index contributed by atoms with van der Waals surface area (Å²) in [4.78, 5) is 61.3. The molecule has 3 atom stereocenters. The number of carbonyl (C=O) groups is 4. The first kappa shape index (κ1) is 33.7. The molecule has 2 aliphatic rings. The van der Waals surface area contributed by atoms with Crippen LogP contribution in [0.4, 0.5) is 10.1 Å². The lowest BCUT2D eigenvalue weighted by Crippen LogP contribution is -2.55. The van der Waals surface area contributed by atoms with Crippen LogP contribution in [-0.2, 0) is 14.4 Å². The maximum atomic E-state index is 15.7. The highest BCUT2D eigenvalue weighted by Gasteiger charge is 2.35. The molecule has 11 heteroatoms. The van der Waals surface area contributed by atoms with Gasteiger partial charge in [-0.25, -0.2) is 4.39 Å². The number of fused-ring (bicyclic) bond motifs is 1. The van der Waals surface area contributed by atoms with Crippen LogP contribution in [0.1, 0.15) is 80.6 Å². The summed E-state index contributed by atoms with van der Waals surface area (Å²) in [6.45, 7) is 6.13. The lowest BCUT2D eigenvalue weighted by molar-refractivity contribution is -0.138. The van der Waals surface area contributed by atoms with Crippen LogP contribution in [0.15, 0.2) is 42.0 Å². The molecular formula is C35H44FN5O4S. The first-order valence-electron chi connectivity index (χ1n) is 16.4. The molecule has 46 heavy (non-hydrogen) atoms. The Hall–Kier alpha value is -3.70. The highest BCUT2D eigenvalue weighted by molar-refractivity contribution is 7.17. The van der Waals surface area contributed by atoms with Crippen LogP contribution in [0.25, 0.3) is 10.1 Å². The average molecular weight is 650 g/mol. The van der Waals surface area contributed by atoms with Crippen molar-refractivity contribution in [2.24, 2.45) is 11.8 Å². The van der Waals surface area contributed by atoms with E-state index in [-0.39, 0.29) is 48.0 Å². The Labute approximate surface area is 273 Å². The molecule has 5 rings (SSSR count). The zero-order chi connectivity index (χ0) is 32.8. The topological polar surface area (TPSA) is 112 Å². The summed E-state index contributed by atoms with van der Waals surface area (Å²) in [5.41, 5.74) is 1.14. The molecule has 2 fully saturated rings. The molecule has 2 aromatic heterocycles. The lowest BCUT2D eigenvalue weighted by Gasteiger charge is -2.36. The highest BCUT2D eigenvalue weighted by Crippen LogP contribution is 2.35. The summed E-state index contributed by atoms with van der Waals surface area (Å²) in [7, 11) is 2.00. The molecule has 3 aromatic rings. The first-order valence-corrected chi connectivity index (χ1v) is 17.3. The molecule has 0 unspecified atom stereocenters. The Kier molecular flexibility index (Phi) is 11.2. The van der Waals surface area contributed by atoms with Gasteiger partial charge in [0.25, 0.3) is 0 Å². The van der Waals surface area contributed by atoms with Crippen LogP contribution in [0, 0.1) is 17.7 Å². The van der Waals surface area contributed by atoms with E-state index in [9.17, 15) is 19.2 Å². The number of anilines is 1. The molecule has 0 bridgehead atoms. The number of nitrogens with zero attached hydrogens (tertiary/aromatic N) is 3. The van der Waals surface area contributed by atoms with Crippen molar-refractivity contribution in [3.05, 3.63) is 59.0 Å². The van der Waals surface area contributed by atoms with Gasteiger partial charge in [-0.2, -0.15) is 0 Å². The summed E-state index contributed by atoms with van der Waals surface area (Å²) in [6.07, 6.45) is 8.44. The number of ketones is 1. The fourth-order valence-corrected chi connectivity index (χ4v) is 7.57. The molecule has 1 aliphatic heterocycles. The summed E-state index contributed by atoms with van der Waals surface area (Å²) in [5.74, 6) is -2.61. The third-order valence-corrected chi connectivity index (χ3v) is 10.6. The van der Waals surface area contributed by atoms with Gasteiger partial charge in [0.05, 0.1) is 5.69 Å². The van der Waals surface area contributed by atoms with Gasteiger partial charge in [0, 0.05) is 84.3 Å². The van der Waals surface area contributed by atoms with Crippen molar-refractivity contribution in [3.63, 3.8) is 0 Å². The normalized spacial score (nSPS) is 18.1. The molecule has 1 aromatic carbocycles. The minimum atomic E-state index is -0.847.